The van der Waals surface area contributed by atoms with Gasteiger partial charge in [-0.3, -0.25) is 9.69 Å². The van der Waals surface area contributed by atoms with Crippen molar-refractivity contribution >= 4 is 40.3 Å². The minimum absolute atomic E-state index is 0.178. The Hall–Kier alpha value is -2.71. The summed E-state index contributed by atoms with van der Waals surface area (Å²) in [6, 6.07) is 10.0. The molecule has 8 heteroatoms. The van der Waals surface area contributed by atoms with E-state index >= 15 is 0 Å². The maximum atomic E-state index is 12.7. The Bertz CT molecular complexity index is 958. The number of phenols is 2. The van der Waals surface area contributed by atoms with E-state index in [4.69, 9.17) is 21.7 Å². The lowest BCUT2D eigenvalue weighted by molar-refractivity contribution is -0.122. The second-order valence-corrected chi connectivity index (χ2v) is 7.70. The van der Waals surface area contributed by atoms with Crippen LogP contribution in [0.2, 0.25) is 0 Å². The number of carbonyl (C=O) groups is 1. The standard InChI is InChI=1S/C20H19NO5S2/c1-25-16-6-4-12(10-17(16)26-2)7-8-21-19(24)18(28-20(21)27)11-13-3-5-14(22)15(23)9-13/h3-6,9-11,22-23H,7-8H2,1-2H3/b18-11-. The van der Waals surface area contributed by atoms with Gasteiger partial charge in [-0.2, -0.15) is 0 Å². The third-order valence-corrected chi connectivity index (χ3v) is 5.62. The van der Waals surface area contributed by atoms with Gasteiger partial charge in [0.05, 0.1) is 19.1 Å². The fourth-order valence-electron chi connectivity index (χ4n) is 2.75. The fourth-order valence-corrected chi connectivity index (χ4v) is 4.06. The van der Waals surface area contributed by atoms with Gasteiger partial charge in [0.1, 0.15) is 4.32 Å². The lowest BCUT2D eigenvalue weighted by Gasteiger charge is -2.15. The molecule has 6 nitrogen and oxygen atoms in total. The average molecular weight is 418 g/mol. The summed E-state index contributed by atoms with van der Waals surface area (Å²) in [7, 11) is 3.16. The lowest BCUT2D eigenvalue weighted by atomic mass is 10.1. The SMILES string of the molecule is COc1ccc(CCN2C(=O)/C(=C/c3ccc(O)c(O)c3)SC2=S)cc1OC. The first kappa shape index (κ1) is 20.0. The second-order valence-electron chi connectivity index (χ2n) is 6.02. The molecule has 2 N–H and O–H groups in total. The summed E-state index contributed by atoms with van der Waals surface area (Å²) in [4.78, 5) is 14.7. The van der Waals surface area contributed by atoms with E-state index in [9.17, 15) is 15.0 Å². The van der Waals surface area contributed by atoms with Crippen LogP contribution in [-0.2, 0) is 11.2 Å². The molecular weight excluding hydrogens is 398 g/mol. The van der Waals surface area contributed by atoms with Crippen molar-refractivity contribution in [3.05, 3.63) is 52.4 Å². The van der Waals surface area contributed by atoms with Crippen molar-refractivity contribution in [3.8, 4) is 23.0 Å². The van der Waals surface area contributed by atoms with Crippen LogP contribution in [0.4, 0.5) is 0 Å². The van der Waals surface area contributed by atoms with Crippen LogP contribution < -0.4 is 9.47 Å². The minimum atomic E-state index is -0.238. The number of hydrogen-bond donors (Lipinski definition) is 2. The van der Waals surface area contributed by atoms with Crippen LogP contribution in [0.15, 0.2) is 41.3 Å². The topological polar surface area (TPSA) is 79.2 Å². The Morgan fingerprint density at radius 3 is 2.50 bits per heavy atom. The number of thioether (sulfide) groups is 1. The van der Waals surface area contributed by atoms with Gasteiger partial charge in [0.15, 0.2) is 23.0 Å². The van der Waals surface area contributed by atoms with Crippen LogP contribution in [0.1, 0.15) is 11.1 Å². The molecule has 1 saturated heterocycles. The molecule has 1 amide bonds. The summed E-state index contributed by atoms with van der Waals surface area (Å²) in [5.74, 6) is 0.662. The maximum Gasteiger partial charge on any atom is 0.266 e. The second kappa shape index (κ2) is 8.53. The van der Waals surface area contributed by atoms with Crippen molar-refractivity contribution in [1.82, 2.24) is 4.90 Å². The van der Waals surface area contributed by atoms with Crippen molar-refractivity contribution in [1.29, 1.82) is 0 Å². The largest absolute Gasteiger partial charge is 0.504 e. The van der Waals surface area contributed by atoms with Gasteiger partial charge in [0.2, 0.25) is 0 Å². The number of rotatable bonds is 6. The van der Waals surface area contributed by atoms with Crippen LogP contribution >= 0.6 is 24.0 Å². The van der Waals surface area contributed by atoms with Crippen molar-refractivity contribution in [2.45, 2.75) is 6.42 Å². The minimum Gasteiger partial charge on any atom is -0.504 e. The molecule has 3 rings (SSSR count). The third kappa shape index (κ3) is 4.23. The number of thiocarbonyl (C=S) groups is 1. The Morgan fingerprint density at radius 2 is 1.82 bits per heavy atom. The zero-order valence-corrected chi connectivity index (χ0v) is 17.0. The van der Waals surface area contributed by atoms with Crippen molar-refractivity contribution in [2.75, 3.05) is 20.8 Å². The Morgan fingerprint density at radius 1 is 1.07 bits per heavy atom. The van der Waals surface area contributed by atoms with E-state index < -0.39 is 0 Å². The first-order valence-corrected chi connectivity index (χ1v) is 9.63. The van der Waals surface area contributed by atoms with E-state index in [-0.39, 0.29) is 17.4 Å². The molecular formula is C20H19NO5S2. The first-order chi connectivity index (χ1) is 13.4. The molecule has 28 heavy (non-hydrogen) atoms. The van der Waals surface area contributed by atoms with Crippen molar-refractivity contribution < 1.29 is 24.5 Å². The first-order valence-electron chi connectivity index (χ1n) is 8.41. The number of hydrogen-bond acceptors (Lipinski definition) is 7. The van der Waals surface area contributed by atoms with Crippen LogP contribution in [0, 0.1) is 0 Å². The number of phenolic OH excluding ortho intramolecular Hbond substituents is 2. The summed E-state index contributed by atoms with van der Waals surface area (Å²) in [5, 5.41) is 19.0. The van der Waals surface area contributed by atoms with E-state index in [0.717, 1.165) is 5.56 Å². The number of benzene rings is 2. The molecule has 0 radical (unpaired) electrons. The van der Waals surface area contributed by atoms with E-state index in [2.05, 4.69) is 0 Å². The van der Waals surface area contributed by atoms with E-state index in [0.29, 0.717) is 39.3 Å². The van der Waals surface area contributed by atoms with Crippen LogP contribution in [0.5, 0.6) is 23.0 Å². The number of ether oxygens (including phenoxy) is 2. The number of aromatic hydroxyl groups is 2. The molecule has 0 atom stereocenters. The molecule has 0 saturated carbocycles. The third-order valence-electron chi connectivity index (χ3n) is 4.24. The van der Waals surface area contributed by atoms with Crippen LogP contribution in [0.3, 0.4) is 0 Å². The van der Waals surface area contributed by atoms with E-state index in [1.165, 1.54) is 23.9 Å². The van der Waals surface area contributed by atoms with Gasteiger partial charge in [-0.15, -0.1) is 0 Å². The monoisotopic (exact) mass is 417 g/mol. The zero-order chi connectivity index (χ0) is 20.3. The molecule has 0 spiro atoms. The van der Waals surface area contributed by atoms with Gasteiger partial charge in [-0.25, -0.2) is 0 Å². The summed E-state index contributed by atoms with van der Waals surface area (Å²) < 4.78 is 11.0. The molecule has 1 aliphatic rings. The van der Waals surface area contributed by atoms with Crippen LogP contribution in [-0.4, -0.2) is 46.1 Å². The van der Waals surface area contributed by atoms with Gasteiger partial charge >= 0.3 is 0 Å². The highest BCUT2D eigenvalue weighted by Crippen LogP contribution is 2.34. The van der Waals surface area contributed by atoms with Gasteiger partial charge < -0.3 is 19.7 Å². The van der Waals surface area contributed by atoms with Gasteiger partial charge in [0, 0.05) is 6.54 Å². The number of nitrogens with zero attached hydrogens (tertiary/aromatic N) is 1. The quantitative estimate of drug-likeness (QED) is 0.423. The molecule has 2 aromatic carbocycles. The highest BCUT2D eigenvalue weighted by molar-refractivity contribution is 8.26. The lowest BCUT2D eigenvalue weighted by Crippen LogP contribution is -2.30. The molecule has 0 aliphatic carbocycles. The van der Waals surface area contributed by atoms with E-state index in [1.54, 1.807) is 31.3 Å². The molecule has 146 valence electrons. The summed E-state index contributed by atoms with van der Waals surface area (Å²) >= 11 is 6.57. The van der Waals surface area contributed by atoms with Crippen molar-refractivity contribution in [2.24, 2.45) is 0 Å². The molecule has 0 bridgehead atoms. The summed E-state index contributed by atoms with van der Waals surface area (Å²) in [5.41, 5.74) is 1.61. The maximum absolute atomic E-state index is 12.7. The molecule has 0 unspecified atom stereocenters. The van der Waals surface area contributed by atoms with Gasteiger partial charge in [-0.1, -0.05) is 36.1 Å². The predicted molar refractivity (Wildman–Crippen MR) is 113 cm³/mol. The Kier molecular flexibility index (Phi) is 6.11. The Labute approximate surface area is 172 Å². The zero-order valence-electron chi connectivity index (χ0n) is 15.3. The average Bonchev–Trinajstić information content (AvgIpc) is 2.95. The molecule has 1 fully saturated rings. The highest BCUT2D eigenvalue weighted by Gasteiger charge is 2.31. The predicted octanol–water partition coefficient (Wildman–Crippen LogP) is 3.56. The molecule has 1 heterocycles. The normalized spacial score (nSPS) is 15.4. The molecule has 0 aromatic heterocycles. The van der Waals surface area contributed by atoms with E-state index in [1.807, 2.05) is 18.2 Å². The summed E-state index contributed by atoms with van der Waals surface area (Å²) in [6.07, 6.45) is 2.26. The molecule has 1 aliphatic heterocycles. The van der Waals surface area contributed by atoms with Gasteiger partial charge in [0.25, 0.3) is 5.91 Å². The molecule has 2 aromatic rings. The smallest absolute Gasteiger partial charge is 0.266 e. The fraction of sp³-hybridized carbons (Fsp3) is 0.200. The van der Waals surface area contributed by atoms with Gasteiger partial charge in [-0.05, 0) is 47.9 Å². The highest BCUT2D eigenvalue weighted by atomic mass is 32.2. The van der Waals surface area contributed by atoms with Crippen molar-refractivity contribution in [3.63, 3.8) is 0 Å². The Balaban J connectivity index is 1.72. The summed E-state index contributed by atoms with van der Waals surface area (Å²) in [6.45, 7) is 0.443. The number of carbonyl (C=O) groups excluding carboxylic acids is 1. The number of methoxy groups -OCH3 is 2. The van der Waals surface area contributed by atoms with Crippen LogP contribution in [0.25, 0.3) is 6.08 Å². The number of amides is 1.